The molecule has 0 radical (unpaired) electrons. The molecule has 0 aromatic heterocycles. The molecule has 4 nitrogen and oxygen atoms in total. The number of carbonyl (C=O) groups excluding carboxylic acids is 2. The van der Waals surface area contributed by atoms with E-state index in [2.05, 4.69) is 23.3 Å². The topological polar surface area (TPSA) is 58.2 Å². The molecule has 0 aliphatic rings. The predicted molar refractivity (Wildman–Crippen MR) is 130 cm³/mol. The van der Waals surface area contributed by atoms with Crippen LogP contribution >= 0.6 is 35.8 Å². The lowest BCUT2D eigenvalue weighted by Crippen LogP contribution is -2.34. The van der Waals surface area contributed by atoms with E-state index in [4.69, 9.17) is 23.2 Å². The van der Waals surface area contributed by atoms with Crippen LogP contribution in [-0.4, -0.2) is 11.9 Å². The van der Waals surface area contributed by atoms with Crippen molar-refractivity contribution in [2.75, 3.05) is 5.32 Å². The predicted octanol–water partition coefficient (Wildman–Crippen LogP) is 7.06. The summed E-state index contributed by atoms with van der Waals surface area (Å²) in [6.07, 6.45) is 0. The van der Waals surface area contributed by atoms with Crippen LogP contribution in [0.5, 0.6) is 0 Å². The van der Waals surface area contributed by atoms with Crippen molar-refractivity contribution in [1.82, 2.24) is 5.32 Å². The third kappa shape index (κ3) is 4.39. The Kier molecular flexibility index (Phi) is 6.18. The maximum atomic E-state index is 12.6. The summed E-state index contributed by atoms with van der Waals surface area (Å²) in [6.45, 7) is 0. The van der Waals surface area contributed by atoms with Crippen LogP contribution in [0.4, 0.5) is 10.5 Å². The van der Waals surface area contributed by atoms with Crippen molar-refractivity contribution in [3.05, 3.63) is 94.5 Å². The van der Waals surface area contributed by atoms with Crippen LogP contribution in [0.1, 0.15) is 10.4 Å². The highest BCUT2D eigenvalue weighted by Crippen LogP contribution is 2.38. The first-order valence-corrected chi connectivity index (χ1v) is 10.5. The molecule has 0 saturated heterocycles. The van der Waals surface area contributed by atoms with Crippen LogP contribution in [0, 0.1) is 0 Å². The molecule has 3 amide bonds. The maximum Gasteiger partial charge on any atom is 0.326 e. The van der Waals surface area contributed by atoms with Crippen LogP contribution in [0.2, 0.25) is 10.0 Å². The molecule has 0 unspecified atom stereocenters. The van der Waals surface area contributed by atoms with E-state index in [1.807, 2.05) is 48.5 Å². The van der Waals surface area contributed by atoms with E-state index in [1.165, 1.54) is 12.1 Å². The van der Waals surface area contributed by atoms with Gasteiger partial charge in [-0.1, -0.05) is 77.8 Å². The van der Waals surface area contributed by atoms with Crippen LogP contribution in [-0.2, 0) is 0 Å². The second-order valence-electron chi connectivity index (χ2n) is 6.73. The molecule has 4 aromatic carbocycles. The lowest BCUT2D eigenvalue weighted by molar-refractivity contribution is 0.0967. The standard InChI is InChI=1S/C24H16Cl2N2O2S/c25-17-10-4-11-18(26)22(17)23(29)28-24(30)27-19-12-5-13-20(31)21(19)16-9-3-7-14-6-1-2-8-15(14)16/h1-13,31H,(H2,27,28,29,30). The van der Waals surface area contributed by atoms with Gasteiger partial charge in [0.2, 0.25) is 0 Å². The zero-order chi connectivity index (χ0) is 22.0. The highest BCUT2D eigenvalue weighted by atomic mass is 35.5. The van der Waals surface area contributed by atoms with E-state index in [0.29, 0.717) is 10.6 Å². The molecule has 4 rings (SSSR count). The second kappa shape index (κ2) is 9.02. The summed E-state index contributed by atoms with van der Waals surface area (Å²) in [7, 11) is 0. The third-order valence-electron chi connectivity index (χ3n) is 4.77. The number of hydrogen-bond acceptors (Lipinski definition) is 3. The van der Waals surface area contributed by atoms with Gasteiger partial charge in [0.1, 0.15) is 0 Å². The van der Waals surface area contributed by atoms with Crippen molar-refractivity contribution in [3.63, 3.8) is 0 Å². The molecule has 31 heavy (non-hydrogen) atoms. The van der Waals surface area contributed by atoms with Crippen LogP contribution in [0.25, 0.3) is 21.9 Å². The van der Waals surface area contributed by atoms with E-state index in [9.17, 15) is 9.59 Å². The van der Waals surface area contributed by atoms with Gasteiger partial charge in [-0.3, -0.25) is 10.1 Å². The normalized spacial score (nSPS) is 10.7. The highest BCUT2D eigenvalue weighted by molar-refractivity contribution is 7.80. The van der Waals surface area contributed by atoms with Crippen molar-refractivity contribution >= 4 is 64.2 Å². The van der Waals surface area contributed by atoms with E-state index >= 15 is 0 Å². The Morgan fingerprint density at radius 3 is 2.19 bits per heavy atom. The minimum atomic E-state index is -0.707. The number of rotatable bonds is 3. The first-order chi connectivity index (χ1) is 15.0. The number of nitrogens with one attached hydrogen (secondary N) is 2. The van der Waals surface area contributed by atoms with Gasteiger partial charge >= 0.3 is 6.03 Å². The lowest BCUT2D eigenvalue weighted by Gasteiger charge is -2.16. The lowest BCUT2D eigenvalue weighted by atomic mass is 9.97. The Labute approximate surface area is 194 Å². The summed E-state index contributed by atoms with van der Waals surface area (Å²) in [5.74, 6) is -0.693. The number of hydrogen-bond donors (Lipinski definition) is 3. The monoisotopic (exact) mass is 466 g/mol. The van der Waals surface area contributed by atoms with E-state index < -0.39 is 11.9 Å². The molecule has 0 spiro atoms. The minimum Gasteiger partial charge on any atom is -0.307 e. The smallest absolute Gasteiger partial charge is 0.307 e. The fourth-order valence-corrected chi connectivity index (χ4v) is 4.30. The molecule has 0 heterocycles. The molecule has 2 N–H and O–H groups in total. The SMILES string of the molecule is O=C(NC(=O)c1c(Cl)cccc1Cl)Nc1cccc(S)c1-c1cccc2ccccc12. The molecule has 0 atom stereocenters. The summed E-state index contributed by atoms with van der Waals surface area (Å²) in [5.41, 5.74) is 2.22. The quantitative estimate of drug-likeness (QED) is 0.283. The van der Waals surface area contributed by atoms with Gasteiger partial charge in [0, 0.05) is 10.5 Å². The molecule has 0 fully saturated rings. The van der Waals surface area contributed by atoms with Gasteiger partial charge in [-0.15, -0.1) is 12.6 Å². The molecule has 0 saturated carbocycles. The Morgan fingerprint density at radius 1 is 0.774 bits per heavy atom. The first-order valence-electron chi connectivity index (χ1n) is 9.32. The van der Waals surface area contributed by atoms with Crippen molar-refractivity contribution in [2.24, 2.45) is 0 Å². The fourth-order valence-electron chi connectivity index (χ4n) is 3.40. The van der Waals surface area contributed by atoms with Crippen molar-refractivity contribution in [2.45, 2.75) is 4.90 Å². The molecule has 154 valence electrons. The number of carbonyl (C=O) groups is 2. The number of amides is 3. The number of fused-ring (bicyclic) bond motifs is 1. The van der Waals surface area contributed by atoms with Gasteiger partial charge in [-0.25, -0.2) is 4.79 Å². The number of urea groups is 1. The molecule has 7 heteroatoms. The van der Waals surface area contributed by atoms with Crippen LogP contribution in [0.15, 0.2) is 83.8 Å². The maximum absolute atomic E-state index is 12.6. The van der Waals surface area contributed by atoms with Crippen LogP contribution < -0.4 is 10.6 Å². The largest absolute Gasteiger partial charge is 0.326 e. The summed E-state index contributed by atoms with van der Waals surface area (Å²) in [4.78, 5) is 25.8. The van der Waals surface area contributed by atoms with Gasteiger partial charge in [0.05, 0.1) is 21.3 Å². The fraction of sp³-hybridized carbons (Fsp3) is 0. The van der Waals surface area contributed by atoms with Gasteiger partial charge in [0.15, 0.2) is 0 Å². The number of halogens is 2. The summed E-state index contributed by atoms with van der Waals surface area (Å²) in [5, 5.41) is 7.43. The van der Waals surface area contributed by atoms with Gasteiger partial charge in [0.25, 0.3) is 5.91 Å². The Morgan fingerprint density at radius 2 is 1.42 bits per heavy atom. The molecular weight excluding hydrogens is 451 g/mol. The van der Waals surface area contributed by atoms with Gasteiger partial charge in [-0.05, 0) is 40.6 Å². The Bertz CT molecular complexity index is 1300. The minimum absolute atomic E-state index is 0.0400. The van der Waals surface area contributed by atoms with E-state index in [1.54, 1.807) is 18.2 Å². The summed E-state index contributed by atoms with van der Waals surface area (Å²) < 4.78 is 0. The summed E-state index contributed by atoms with van der Waals surface area (Å²) >= 11 is 16.7. The van der Waals surface area contributed by atoms with E-state index in [-0.39, 0.29) is 15.6 Å². The molecular formula is C24H16Cl2N2O2S. The first kappa shape index (κ1) is 21.2. The number of anilines is 1. The summed E-state index contributed by atoms with van der Waals surface area (Å²) in [6, 6.07) is 23.2. The second-order valence-corrected chi connectivity index (χ2v) is 8.03. The van der Waals surface area contributed by atoms with E-state index in [0.717, 1.165) is 21.9 Å². The zero-order valence-corrected chi connectivity index (χ0v) is 18.4. The molecule has 0 aliphatic heterocycles. The average molecular weight is 467 g/mol. The Hall–Kier alpha value is -2.99. The third-order valence-corrected chi connectivity index (χ3v) is 5.77. The molecule has 0 aliphatic carbocycles. The van der Waals surface area contributed by atoms with Crippen molar-refractivity contribution < 1.29 is 9.59 Å². The highest BCUT2D eigenvalue weighted by Gasteiger charge is 2.19. The van der Waals surface area contributed by atoms with Gasteiger partial charge in [-0.2, -0.15) is 0 Å². The molecule has 4 aromatic rings. The zero-order valence-electron chi connectivity index (χ0n) is 16.0. The van der Waals surface area contributed by atoms with Crippen molar-refractivity contribution in [3.8, 4) is 11.1 Å². The van der Waals surface area contributed by atoms with Crippen LogP contribution in [0.3, 0.4) is 0 Å². The van der Waals surface area contributed by atoms with Crippen molar-refractivity contribution in [1.29, 1.82) is 0 Å². The molecule has 0 bridgehead atoms. The Balaban J connectivity index is 1.67. The number of benzene rings is 4. The average Bonchev–Trinajstić information content (AvgIpc) is 2.73. The number of thiol groups is 1. The van der Waals surface area contributed by atoms with Gasteiger partial charge < -0.3 is 5.32 Å². The number of imide groups is 1.